The van der Waals surface area contributed by atoms with E-state index in [0.717, 1.165) is 28.0 Å². The van der Waals surface area contributed by atoms with Gasteiger partial charge in [0.25, 0.3) is 5.91 Å². The van der Waals surface area contributed by atoms with E-state index in [9.17, 15) is 4.79 Å². The highest BCUT2D eigenvalue weighted by molar-refractivity contribution is 6.05. The molecule has 0 N–H and O–H groups in total. The summed E-state index contributed by atoms with van der Waals surface area (Å²) in [6.07, 6.45) is 1.73. The van der Waals surface area contributed by atoms with Crippen molar-refractivity contribution in [3.05, 3.63) is 47.3 Å². The van der Waals surface area contributed by atoms with Gasteiger partial charge in [0.1, 0.15) is 0 Å². The third-order valence-corrected chi connectivity index (χ3v) is 4.62. The number of hydrogen-bond acceptors (Lipinski definition) is 5. The van der Waals surface area contributed by atoms with Crippen LogP contribution in [-0.4, -0.2) is 39.4 Å². The quantitative estimate of drug-likeness (QED) is 0.708. The number of hydrogen-bond donors (Lipinski definition) is 0. The maximum absolute atomic E-state index is 13.1. The molecule has 1 aliphatic rings. The maximum atomic E-state index is 13.1. The van der Waals surface area contributed by atoms with Crippen LogP contribution in [0.25, 0.3) is 11.0 Å². The number of aryl methyl sites for hydroxylation is 1. The number of benzene rings is 1. The van der Waals surface area contributed by atoms with E-state index in [1.165, 1.54) is 0 Å². The average Bonchev–Trinajstić information content (AvgIpc) is 3.26. The number of ether oxygens (including phenoxy) is 2. The Labute approximate surface area is 157 Å². The highest BCUT2D eigenvalue weighted by Crippen LogP contribution is 2.33. The zero-order chi connectivity index (χ0) is 19.1. The van der Waals surface area contributed by atoms with Gasteiger partial charge in [-0.2, -0.15) is 5.10 Å². The molecule has 0 fully saturated rings. The fourth-order valence-corrected chi connectivity index (χ4v) is 3.29. The fourth-order valence-electron chi connectivity index (χ4n) is 3.29. The van der Waals surface area contributed by atoms with Gasteiger partial charge in [0.15, 0.2) is 17.1 Å². The molecular weight excluding hydrogens is 344 g/mol. The van der Waals surface area contributed by atoms with Crippen LogP contribution in [0.4, 0.5) is 0 Å². The monoisotopic (exact) mass is 366 g/mol. The van der Waals surface area contributed by atoms with Crippen LogP contribution in [0.15, 0.2) is 30.5 Å². The molecule has 140 valence electrons. The van der Waals surface area contributed by atoms with Crippen LogP contribution in [-0.2, 0) is 6.54 Å². The smallest absolute Gasteiger partial charge is 0.254 e. The molecular formula is C20H22N4O3. The molecule has 0 saturated carbocycles. The number of pyridine rings is 1. The molecule has 0 atom stereocenters. The van der Waals surface area contributed by atoms with Crippen molar-refractivity contribution in [1.82, 2.24) is 19.7 Å². The molecule has 2 aromatic heterocycles. The van der Waals surface area contributed by atoms with Gasteiger partial charge in [0.05, 0.1) is 17.1 Å². The third kappa shape index (κ3) is 3.09. The lowest BCUT2D eigenvalue weighted by molar-refractivity contribution is 0.0786. The van der Waals surface area contributed by atoms with Crippen molar-refractivity contribution in [1.29, 1.82) is 0 Å². The average molecular weight is 366 g/mol. The molecule has 3 heterocycles. The Balaban J connectivity index is 1.64. The molecule has 0 spiro atoms. The minimum atomic E-state index is -0.0635. The van der Waals surface area contributed by atoms with Crippen molar-refractivity contribution in [3.8, 4) is 11.5 Å². The van der Waals surface area contributed by atoms with Crippen LogP contribution < -0.4 is 9.47 Å². The highest BCUT2D eigenvalue weighted by atomic mass is 16.7. The van der Waals surface area contributed by atoms with Crippen molar-refractivity contribution in [2.45, 2.75) is 33.4 Å². The number of amides is 1. The summed E-state index contributed by atoms with van der Waals surface area (Å²) in [5.74, 6) is 1.39. The number of fused-ring (bicyclic) bond motifs is 2. The fraction of sp³-hybridized carbons (Fsp3) is 0.350. The Bertz CT molecular complexity index is 1030. The second kappa shape index (κ2) is 6.57. The predicted molar refractivity (Wildman–Crippen MR) is 101 cm³/mol. The molecule has 0 unspecified atom stereocenters. The number of carbonyl (C=O) groups excluding carboxylic acids is 1. The second-order valence-electron chi connectivity index (χ2n) is 7.08. The summed E-state index contributed by atoms with van der Waals surface area (Å²) < 4.78 is 12.6. The minimum absolute atomic E-state index is 0.0635. The number of nitrogens with zero attached hydrogens (tertiary/aromatic N) is 4. The standard InChI is InChI=1S/C20H22N4O3/c1-12(2)24-19-16(9-21-24)15(7-13(3)22-19)20(25)23(4)10-14-5-6-17-18(8-14)27-11-26-17/h5-9,12H,10-11H2,1-4H3. The summed E-state index contributed by atoms with van der Waals surface area (Å²) in [4.78, 5) is 19.4. The number of rotatable bonds is 4. The van der Waals surface area contributed by atoms with Crippen LogP contribution in [0.3, 0.4) is 0 Å². The van der Waals surface area contributed by atoms with Crippen molar-refractivity contribution in [3.63, 3.8) is 0 Å². The zero-order valence-corrected chi connectivity index (χ0v) is 15.9. The normalized spacial score (nSPS) is 12.8. The molecule has 0 aliphatic carbocycles. The molecule has 7 heteroatoms. The number of carbonyl (C=O) groups is 1. The van der Waals surface area contributed by atoms with Crippen LogP contribution in [0, 0.1) is 6.92 Å². The lowest BCUT2D eigenvalue weighted by atomic mass is 10.1. The summed E-state index contributed by atoms with van der Waals surface area (Å²) in [5.41, 5.74) is 3.14. The first-order valence-corrected chi connectivity index (χ1v) is 8.93. The lowest BCUT2D eigenvalue weighted by Gasteiger charge is -2.18. The van der Waals surface area contributed by atoms with Gasteiger partial charge in [0.2, 0.25) is 6.79 Å². The van der Waals surface area contributed by atoms with E-state index in [-0.39, 0.29) is 18.7 Å². The molecule has 3 aromatic rings. The summed E-state index contributed by atoms with van der Waals surface area (Å²) in [6, 6.07) is 7.73. The maximum Gasteiger partial charge on any atom is 0.254 e. The molecule has 0 radical (unpaired) electrons. The largest absolute Gasteiger partial charge is 0.454 e. The van der Waals surface area contributed by atoms with Gasteiger partial charge in [-0.1, -0.05) is 6.07 Å². The van der Waals surface area contributed by atoms with E-state index in [1.807, 2.05) is 49.7 Å². The van der Waals surface area contributed by atoms with E-state index in [1.54, 1.807) is 18.1 Å². The van der Waals surface area contributed by atoms with E-state index in [2.05, 4.69) is 10.1 Å². The summed E-state index contributed by atoms with van der Waals surface area (Å²) >= 11 is 0. The molecule has 27 heavy (non-hydrogen) atoms. The first-order valence-electron chi connectivity index (χ1n) is 8.93. The van der Waals surface area contributed by atoms with Crippen LogP contribution in [0.1, 0.15) is 41.5 Å². The SMILES string of the molecule is Cc1cc(C(=O)N(C)Cc2ccc3c(c2)OCO3)c2cnn(C(C)C)c2n1. The molecule has 1 amide bonds. The first kappa shape index (κ1) is 17.3. The predicted octanol–water partition coefficient (Wildman–Crippen LogP) is 3.32. The van der Waals surface area contributed by atoms with Gasteiger partial charge >= 0.3 is 0 Å². The van der Waals surface area contributed by atoms with Gasteiger partial charge in [-0.25, -0.2) is 9.67 Å². The van der Waals surface area contributed by atoms with Gasteiger partial charge in [0, 0.05) is 25.3 Å². The Morgan fingerprint density at radius 3 is 2.81 bits per heavy atom. The van der Waals surface area contributed by atoms with E-state index < -0.39 is 0 Å². The molecule has 0 saturated heterocycles. The molecule has 1 aromatic carbocycles. The van der Waals surface area contributed by atoms with Crippen LogP contribution >= 0.6 is 0 Å². The summed E-state index contributed by atoms with van der Waals surface area (Å²) in [6.45, 7) is 6.69. The second-order valence-corrected chi connectivity index (χ2v) is 7.08. The first-order chi connectivity index (χ1) is 12.9. The molecule has 0 bridgehead atoms. The van der Waals surface area contributed by atoms with E-state index in [4.69, 9.17) is 9.47 Å². The van der Waals surface area contributed by atoms with Crippen LogP contribution in [0.5, 0.6) is 11.5 Å². The third-order valence-electron chi connectivity index (χ3n) is 4.62. The Morgan fingerprint density at radius 1 is 1.26 bits per heavy atom. The van der Waals surface area contributed by atoms with Crippen molar-refractivity contribution >= 4 is 16.9 Å². The van der Waals surface area contributed by atoms with Crippen molar-refractivity contribution in [2.75, 3.05) is 13.8 Å². The van der Waals surface area contributed by atoms with Gasteiger partial charge in [-0.3, -0.25) is 4.79 Å². The lowest BCUT2D eigenvalue weighted by Crippen LogP contribution is -2.26. The van der Waals surface area contributed by atoms with Crippen LogP contribution in [0.2, 0.25) is 0 Å². The van der Waals surface area contributed by atoms with Crippen molar-refractivity contribution < 1.29 is 14.3 Å². The zero-order valence-electron chi connectivity index (χ0n) is 15.9. The van der Waals surface area contributed by atoms with Gasteiger partial charge in [-0.05, 0) is 44.5 Å². The Kier molecular flexibility index (Phi) is 4.22. The summed E-state index contributed by atoms with van der Waals surface area (Å²) in [5, 5.41) is 5.19. The minimum Gasteiger partial charge on any atom is -0.454 e. The Hall–Kier alpha value is -3.09. The van der Waals surface area contributed by atoms with Crippen molar-refractivity contribution in [2.24, 2.45) is 0 Å². The Morgan fingerprint density at radius 2 is 2.04 bits per heavy atom. The topological polar surface area (TPSA) is 69.5 Å². The number of aromatic nitrogens is 3. The highest BCUT2D eigenvalue weighted by Gasteiger charge is 2.21. The summed E-state index contributed by atoms with van der Waals surface area (Å²) in [7, 11) is 1.79. The molecule has 4 rings (SSSR count). The van der Waals surface area contributed by atoms with Gasteiger partial charge < -0.3 is 14.4 Å². The molecule has 7 nitrogen and oxygen atoms in total. The van der Waals surface area contributed by atoms with E-state index in [0.29, 0.717) is 17.9 Å². The van der Waals surface area contributed by atoms with E-state index >= 15 is 0 Å². The molecule has 1 aliphatic heterocycles. The van der Waals surface area contributed by atoms with Gasteiger partial charge in [-0.15, -0.1) is 0 Å².